The van der Waals surface area contributed by atoms with E-state index in [-0.39, 0.29) is 6.54 Å². The smallest absolute Gasteiger partial charge is 0.265 e. The van der Waals surface area contributed by atoms with E-state index in [2.05, 4.69) is 13.2 Å². The second-order valence-corrected chi connectivity index (χ2v) is 4.41. The number of anilines is 1. The van der Waals surface area contributed by atoms with Crippen LogP contribution in [0.1, 0.15) is 5.56 Å². The highest BCUT2D eigenvalue weighted by Crippen LogP contribution is 2.28. The molecule has 1 aromatic carbocycles. The van der Waals surface area contributed by atoms with Gasteiger partial charge in [-0.05, 0) is 17.2 Å². The van der Waals surface area contributed by atoms with Crippen molar-refractivity contribution in [3.05, 3.63) is 72.4 Å². The van der Waals surface area contributed by atoms with Crippen molar-refractivity contribution in [1.29, 1.82) is 0 Å². The quantitative estimate of drug-likeness (QED) is 0.923. The lowest BCUT2D eigenvalue weighted by molar-refractivity contribution is -0.123. The highest BCUT2D eigenvalue weighted by Gasteiger charge is 2.27. The number of rotatable bonds is 3. The van der Waals surface area contributed by atoms with Crippen LogP contribution in [-0.4, -0.2) is 18.4 Å². The van der Waals surface area contributed by atoms with Crippen LogP contribution < -0.4 is 10.6 Å². The van der Waals surface area contributed by atoms with Gasteiger partial charge in [-0.3, -0.25) is 9.59 Å². The Balaban J connectivity index is 2.75. The van der Waals surface area contributed by atoms with Crippen LogP contribution in [0, 0.1) is 0 Å². The third kappa shape index (κ3) is 2.61. The zero-order chi connectivity index (χ0) is 15.4. The van der Waals surface area contributed by atoms with E-state index >= 15 is 0 Å². The van der Waals surface area contributed by atoms with Gasteiger partial charge in [-0.1, -0.05) is 55.7 Å². The van der Waals surface area contributed by atoms with Crippen molar-refractivity contribution in [2.24, 2.45) is 5.73 Å². The minimum Gasteiger partial charge on any atom is -0.322 e. The van der Waals surface area contributed by atoms with Gasteiger partial charge < -0.3 is 5.73 Å². The highest BCUT2D eigenvalue weighted by molar-refractivity contribution is 6.23. The number of nitrogens with two attached hydrogens (primary N) is 1. The highest BCUT2D eigenvalue weighted by atomic mass is 16.2. The van der Waals surface area contributed by atoms with Crippen LogP contribution >= 0.6 is 0 Å². The second-order valence-electron chi connectivity index (χ2n) is 4.41. The molecule has 1 heterocycles. The van der Waals surface area contributed by atoms with Gasteiger partial charge in [0.2, 0.25) is 5.91 Å². The molecule has 2 N–H and O–H groups in total. The minimum absolute atomic E-state index is 0.252. The van der Waals surface area contributed by atoms with Crippen molar-refractivity contribution in [3.8, 4) is 0 Å². The number of para-hydroxylation sites is 1. The van der Waals surface area contributed by atoms with Crippen molar-refractivity contribution in [2.45, 2.75) is 0 Å². The molecule has 106 valence electrons. The predicted octanol–water partition coefficient (Wildman–Crippen LogP) is 2.20. The Hall–Kier alpha value is -2.72. The summed E-state index contributed by atoms with van der Waals surface area (Å²) in [6.45, 7) is 7.10. The number of carbonyl (C=O) groups excluding carboxylic acids is 2. The molecule has 1 aliphatic heterocycles. The van der Waals surface area contributed by atoms with Gasteiger partial charge in [0.15, 0.2) is 0 Å². The number of fused-ring (bicyclic) bond motifs is 1. The summed E-state index contributed by atoms with van der Waals surface area (Å²) >= 11 is 0. The number of benzene rings is 1. The average molecular weight is 280 g/mol. The van der Waals surface area contributed by atoms with Crippen molar-refractivity contribution in [2.75, 3.05) is 11.4 Å². The van der Waals surface area contributed by atoms with Crippen LogP contribution in [0.25, 0.3) is 6.08 Å². The van der Waals surface area contributed by atoms with Crippen LogP contribution in [0.5, 0.6) is 0 Å². The molecule has 4 heteroatoms. The molecule has 1 aliphatic rings. The fourth-order valence-corrected chi connectivity index (χ4v) is 2.18. The molecular weight excluding hydrogens is 264 g/mol. The van der Waals surface area contributed by atoms with E-state index in [1.165, 1.54) is 6.08 Å². The minimum atomic E-state index is -0.467. The fourth-order valence-electron chi connectivity index (χ4n) is 2.18. The van der Waals surface area contributed by atoms with Gasteiger partial charge >= 0.3 is 0 Å². The van der Waals surface area contributed by atoms with Crippen molar-refractivity contribution < 1.29 is 9.59 Å². The molecule has 0 spiro atoms. The summed E-state index contributed by atoms with van der Waals surface area (Å²) in [5.41, 5.74) is 7.64. The first kappa shape index (κ1) is 14.7. The van der Waals surface area contributed by atoms with Gasteiger partial charge in [0.25, 0.3) is 5.91 Å². The molecular formula is C17H16N2O2. The topological polar surface area (TPSA) is 63.4 Å². The summed E-state index contributed by atoms with van der Waals surface area (Å²) in [5.74, 6) is -0.919. The molecule has 1 aromatic rings. The summed E-state index contributed by atoms with van der Waals surface area (Å²) < 4.78 is 0. The van der Waals surface area contributed by atoms with Crippen LogP contribution in [0.4, 0.5) is 5.69 Å². The molecule has 0 atom stereocenters. The molecule has 2 amide bonds. The Morgan fingerprint density at radius 2 is 1.90 bits per heavy atom. The van der Waals surface area contributed by atoms with E-state index in [0.717, 1.165) is 10.5 Å². The molecule has 2 rings (SSSR count). The number of nitrogens with zero attached hydrogens (tertiary/aromatic N) is 1. The maximum atomic E-state index is 12.7. The Kier molecular flexibility index (Phi) is 4.30. The molecule has 0 saturated heterocycles. The molecule has 0 aromatic heterocycles. The third-order valence-corrected chi connectivity index (χ3v) is 3.21. The number of imide groups is 1. The first-order valence-electron chi connectivity index (χ1n) is 6.47. The number of hydrogen-bond acceptors (Lipinski definition) is 3. The summed E-state index contributed by atoms with van der Waals surface area (Å²) in [7, 11) is 0. The molecule has 4 nitrogen and oxygen atoms in total. The Bertz CT molecular complexity index is 684. The zero-order valence-corrected chi connectivity index (χ0v) is 11.6. The summed E-state index contributed by atoms with van der Waals surface area (Å²) in [6, 6.07) is 7.15. The van der Waals surface area contributed by atoms with E-state index in [4.69, 9.17) is 5.73 Å². The second kappa shape index (κ2) is 6.15. The van der Waals surface area contributed by atoms with Crippen LogP contribution in [0.15, 0.2) is 66.8 Å². The normalized spacial score (nSPS) is 19.3. The van der Waals surface area contributed by atoms with Crippen molar-refractivity contribution in [1.82, 2.24) is 0 Å². The number of hydrogen-bond donors (Lipinski definition) is 1. The molecule has 0 aliphatic carbocycles. The zero-order valence-electron chi connectivity index (χ0n) is 11.6. The lowest BCUT2D eigenvalue weighted by atomic mass is 10.0. The van der Waals surface area contributed by atoms with Gasteiger partial charge in [0, 0.05) is 5.57 Å². The van der Waals surface area contributed by atoms with Gasteiger partial charge in [-0.25, -0.2) is 4.90 Å². The molecule has 0 saturated carbocycles. The largest absolute Gasteiger partial charge is 0.322 e. The van der Waals surface area contributed by atoms with Crippen molar-refractivity contribution in [3.63, 3.8) is 0 Å². The fraction of sp³-hybridized carbons (Fsp3) is 0.0588. The summed E-state index contributed by atoms with van der Waals surface area (Å²) in [5, 5.41) is 0. The predicted molar refractivity (Wildman–Crippen MR) is 84.4 cm³/mol. The van der Waals surface area contributed by atoms with E-state index in [1.54, 1.807) is 24.3 Å². The number of amides is 2. The standard InChI is InChI=1S/C17H16N2O2/c1-3-12-9-10-13-7-5-6-8-15(13)19(16(20)11-18)17(21)14(12)4-2/h3-10H,1-2,11,18H2/b10-9-,14-12-. The van der Waals surface area contributed by atoms with Gasteiger partial charge in [-0.15, -0.1) is 0 Å². The van der Waals surface area contributed by atoms with Crippen molar-refractivity contribution >= 4 is 23.6 Å². The van der Waals surface area contributed by atoms with Gasteiger partial charge in [0.1, 0.15) is 0 Å². The first-order chi connectivity index (χ1) is 10.1. The first-order valence-corrected chi connectivity index (χ1v) is 6.47. The Morgan fingerprint density at radius 3 is 2.52 bits per heavy atom. The molecule has 0 unspecified atom stereocenters. The lowest BCUT2D eigenvalue weighted by Gasteiger charge is -2.24. The molecule has 0 fully saturated rings. The summed E-state index contributed by atoms with van der Waals surface area (Å²) in [4.78, 5) is 25.9. The van der Waals surface area contributed by atoms with Gasteiger partial charge in [-0.2, -0.15) is 0 Å². The van der Waals surface area contributed by atoms with E-state index in [0.29, 0.717) is 16.8 Å². The third-order valence-electron chi connectivity index (χ3n) is 3.21. The molecule has 21 heavy (non-hydrogen) atoms. The van der Waals surface area contributed by atoms with Gasteiger partial charge in [0.05, 0.1) is 12.2 Å². The van der Waals surface area contributed by atoms with Crippen LogP contribution in [0.3, 0.4) is 0 Å². The summed E-state index contributed by atoms with van der Waals surface area (Å²) in [6.07, 6.45) is 6.60. The maximum absolute atomic E-state index is 12.7. The van der Waals surface area contributed by atoms with Crippen LogP contribution in [0.2, 0.25) is 0 Å². The van der Waals surface area contributed by atoms with E-state index in [9.17, 15) is 9.59 Å². The maximum Gasteiger partial charge on any atom is 0.265 e. The SMILES string of the molecule is C=CC1=C(\C=C)C(=O)N(C(=O)CN)c2ccccc2/C=C\1. The lowest BCUT2D eigenvalue weighted by Crippen LogP contribution is -2.42. The molecule has 0 bridgehead atoms. The Morgan fingerprint density at radius 1 is 1.19 bits per heavy atom. The monoisotopic (exact) mass is 280 g/mol. The van der Waals surface area contributed by atoms with E-state index in [1.807, 2.05) is 18.2 Å². The number of carbonyl (C=O) groups is 2. The molecule has 0 radical (unpaired) electrons. The van der Waals surface area contributed by atoms with E-state index < -0.39 is 11.8 Å². The van der Waals surface area contributed by atoms with Crippen LogP contribution in [-0.2, 0) is 9.59 Å². The average Bonchev–Trinajstić information content (AvgIpc) is 2.50. The Labute approximate surface area is 123 Å². The number of allylic oxidation sites excluding steroid dienone is 3.